The zero-order valence-corrected chi connectivity index (χ0v) is 11.9. The highest BCUT2D eigenvalue weighted by Crippen LogP contribution is 2.39. The third kappa shape index (κ3) is 2.70. The van der Waals surface area contributed by atoms with Gasteiger partial charge in [0, 0.05) is 34.0 Å². The molecule has 1 aromatic carbocycles. The number of nitrogens with one attached hydrogen (secondary N) is 1. The number of anilines is 1. The molecule has 18 heavy (non-hydrogen) atoms. The molecule has 0 radical (unpaired) electrons. The summed E-state index contributed by atoms with van der Waals surface area (Å²) in [6, 6.07) is 4.91. The minimum Gasteiger partial charge on any atom is -0.356 e. The van der Waals surface area contributed by atoms with Gasteiger partial charge in [-0.25, -0.2) is 9.37 Å². The van der Waals surface area contributed by atoms with Gasteiger partial charge >= 0.3 is 0 Å². The maximum atomic E-state index is 13.5. The van der Waals surface area contributed by atoms with Gasteiger partial charge in [0.1, 0.15) is 11.6 Å². The number of rotatable bonds is 4. The fourth-order valence-electron chi connectivity index (χ4n) is 1.66. The van der Waals surface area contributed by atoms with Crippen molar-refractivity contribution in [2.75, 3.05) is 5.32 Å². The number of aromatic nitrogens is 2. The first-order valence-corrected chi connectivity index (χ1v) is 7.30. The molecule has 1 aliphatic rings. The van der Waals surface area contributed by atoms with E-state index < -0.39 is 0 Å². The molecule has 0 unspecified atom stereocenters. The summed E-state index contributed by atoms with van der Waals surface area (Å²) in [7, 11) is 0. The molecular weight excluding hydrogens is 317 g/mol. The van der Waals surface area contributed by atoms with Crippen molar-refractivity contribution in [1.82, 2.24) is 9.36 Å². The molecule has 0 amide bonds. The number of hydrogen-bond acceptors (Lipinski definition) is 4. The monoisotopic (exact) mass is 327 g/mol. The summed E-state index contributed by atoms with van der Waals surface area (Å²) in [5.74, 6) is 1.27. The smallest absolute Gasteiger partial charge is 0.202 e. The molecule has 0 atom stereocenters. The van der Waals surface area contributed by atoms with E-state index in [4.69, 9.17) is 0 Å². The third-order valence-corrected chi connectivity index (χ3v) is 4.00. The second kappa shape index (κ2) is 4.93. The first-order chi connectivity index (χ1) is 8.72. The lowest BCUT2D eigenvalue weighted by Gasteiger charge is -2.04. The van der Waals surface area contributed by atoms with Crippen molar-refractivity contribution >= 4 is 32.6 Å². The minimum atomic E-state index is -0.211. The van der Waals surface area contributed by atoms with Crippen molar-refractivity contribution in [1.29, 1.82) is 0 Å². The average Bonchev–Trinajstić information content (AvgIpc) is 3.10. The summed E-state index contributed by atoms with van der Waals surface area (Å²) < 4.78 is 18.7. The Labute approximate surface area is 117 Å². The summed E-state index contributed by atoms with van der Waals surface area (Å²) in [5.41, 5.74) is 0.618. The third-order valence-electron chi connectivity index (χ3n) is 2.82. The van der Waals surface area contributed by atoms with Crippen molar-refractivity contribution in [2.24, 2.45) is 0 Å². The van der Waals surface area contributed by atoms with E-state index in [-0.39, 0.29) is 5.82 Å². The highest BCUT2D eigenvalue weighted by Gasteiger charge is 2.27. The van der Waals surface area contributed by atoms with Crippen LogP contribution in [-0.4, -0.2) is 9.36 Å². The van der Waals surface area contributed by atoms with Crippen LogP contribution >= 0.6 is 27.5 Å². The Hall–Kier alpha value is -1.01. The van der Waals surface area contributed by atoms with Crippen LogP contribution in [0.5, 0.6) is 0 Å². The molecule has 1 heterocycles. The van der Waals surface area contributed by atoms with E-state index in [2.05, 4.69) is 30.6 Å². The molecule has 1 aliphatic carbocycles. The van der Waals surface area contributed by atoms with Crippen LogP contribution < -0.4 is 5.32 Å². The minimum absolute atomic E-state index is 0.211. The van der Waals surface area contributed by atoms with Gasteiger partial charge in [-0.3, -0.25) is 0 Å². The molecule has 0 bridgehead atoms. The lowest BCUT2D eigenvalue weighted by Crippen LogP contribution is -2.01. The van der Waals surface area contributed by atoms with E-state index in [1.165, 1.54) is 30.4 Å². The lowest BCUT2D eigenvalue weighted by atomic mass is 10.2. The maximum absolute atomic E-state index is 13.5. The quantitative estimate of drug-likeness (QED) is 0.924. The van der Waals surface area contributed by atoms with E-state index in [9.17, 15) is 4.39 Å². The second-order valence-electron chi connectivity index (χ2n) is 4.32. The van der Waals surface area contributed by atoms with E-state index >= 15 is 0 Å². The zero-order chi connectivity index (χ0) is 12.5. The molecule has 1 fully saturated rings. The van der Waals surface area contributed by atoms with Gasteiger partial charge in [0.05, 0.1) is 0 Å². The predicted molar refractivity (Wildman–Crippen MR) is 73.3 cm³/mol. The Morgan fingerprint density at radius 2 is 2.28 bits per heavy atom. The van der Waals surface area contributed by atoms with E-state index in [0.717, 1.165) is 15.4 Å². The predicted octanol–water partition coefficient (Wildman–Crippen LogP) is 3.93. The first-order valence-electron chi connectivity index (χ1n) is 5.74. The van der Waals surface area contributed by atoms with Gasteiger partial charge in [0.25, 0.3) is 0 Å². The fraction of sp³-hybridized carbons (Fsp3) is 0.333. The van der Waals surface area contributed by atoms with Gasteiger partial charge in [-0.2, -0.15) is 4.37 Å². The molecule has 3 rings (SSSR count). The van der Waals surface area contributed by atoms with Crippen LogP contribution in [0.25, 0.3) is 0 Å². The summed E-state index contributed by atoms with van der Waals surface area (Å²) >= 11 is 4.67. The second-order valence-corrected chi connectivity index (χ2v) is 5.99. The Balaban J connectivity index is 1.67. The van der Waals surface area contributed by atoms with Crippen molar-refractivity contribution in [3.63, 3.8) is 0 Å². The zero-order valence-electron chi connectivity index (χ0n) is 9.49. The maximum Gasteiger partial charge on any atom is 0.202 e. The number of hydrogen-bond donors (Lipinski definition) is 1. The van der Waals surface area contributed by atoms with E-state index in [0.29, 0.717) is 18.0 Å². The van der Waals surface area contributed by atoms with Crippen molar-refractivity contribution < 1.29 is 4.39 Å². The summed E-state index contributed by atoms with van der Waals surface area (Å²) in [5, 5.41) is 3.88. The molecule has 94 valence electrons. The van der Waals surface area contributed by atoms with E-state index in [1.807, 2.05) is 0 Å². The van der Waals surface area contributed by atoms with Gasteiger partial charge in [0.2, 0.25) is 5.13 Å². The lowest BCUT2D eigenvalue weighted by molar-refractivity contribution is 0.612. The van der Waals surface area contributed by atoms with Crippen LogP contribution in [0.1, 0.15) is 30.1 Å². The van der Waals surface area contributed by atoms with Gasteiger partial charge in [0.15, 0.2) is 0 Å². The number of benzene rings is 1. The molecule has 2 aromatic rings. The molecule has 1 N–H and O–H groups in total. The van der Waals surface area contributed by atoms with Crippen molar-refractivity contribution in [3.05, 3.63) is 39.9 Å². The van der Waals surface area contributed by atoms with Crippen LogP contribution in [0.2, 0.25) is 0 Å². The van der Waals surface area contributed by atoms with Crippen molar-refractivity contribution in [3.8, 4) is 0 Å². The van der Waals surface area contributed by atoms with Crippen LogP contribution in [-0.2, 0) is 6.54 Å². The normalized spacial score (nSPS) is 14.8. The fourth-order valence-corrected chi connectivity index (χ4v) is 2.71. The Bertz CT molecular complexity index is 568. The molecule has 0 saturated heterocycles. The first kappa shape index (κ1) is 12.0. The Morgan fingerprint density at radius 1 is 1.44 bits per heavy atom. The highest BCUT2D eigenvalue weighted by molar-refractivity contribution is 9.10. The van der Waals surface area contributed by atoms with Gasteiger partial charge in [-0.05, 0) is 31.0 Å². The molecule has 0 aliphatic heterocycles. The molecule has 6 heteroatoms. The van der Waals surface area contributed by atoms with Gasteiger partial charge in [-0.15, -0.1) is 0 Å². The van der Waals surface area contributed by atoms with Crippen molar-refractivity contribution in [2.45, 2.75) is 25.3 Å². The van der Waals surface area contributed by atoms with Gasteiger partial charge < -0.3 is 5.32 Å². The Kier molecular flexibility index (Phi) is 3.30. The van der Waals surface area contributed by atoms with Crippen LogP contribution in [0.15, 0.2) is 22.7 Å². The largest absolute Gasteiger partial charge is 0.356 e. The average molecular weight is 328 g/mol. The number of halogens is 2. The van der Waals surface area contributed by atoms with Crippen LogP contribution in [0, 0.1) is 5.82 Å². The number of nitrogens with zero attached hydrogens (tertiary/aromatic N) is 2. The van der Waals surface area contributed by atoms with Gasteiger partial charge in [-0.1, -0.05) is 15.9 Å². The molecule has 3 nitrogen and oxygen atoms in total. The highest BCUT2D eigenvalue weighted by atomic mass is 79.9. The molecule has 0 spiro atoms. The summed E-state index contributed by atoms with van der Waals surface area (Å²) in [4.78, 5) is 4.40. The molecule has 1 aromatic heterocycles. The Morgan fingerprint density at radius 3 is 3.06 bits per heavy atom. The standard InChI is InChI=1S/C12H11BrFN3S/c13-9-3-4-10(14)8(5-9)6-15-12-16-11(17-18-12)7-1-2-7/h3-5,7H,1-2,6H2,(H,15,16,17). The topological polar surface area (TPSA) is 37.8 Å². The molecule has 1 saturated carbocycles. The van der Waals surface area contributed by atoms with Crippen LogP contribution in [0.3, 0.4) is 0 Å². The SMILES string of the molecule is Fc1ccc(Br)cc1CNc1nc(C2CC2)ns1. The van der Waals surface area contributed by atoms with E-state index in [1.54, 1.807) is 12.1 Å². The summed E-state index contributed by atoms with van der Waals surface area (Å²) in [6.45, 7) is 0.421. The summed E-state index contributed by atoms with van der Waals surface area (Å²) in [6.07, 6.45) is 2.38. The molecular formula is C12H11BrFN3S. The van der Waals surface area contributed by atoms with Crippen LogP contribution in [0.4, 0.5) is 9.52 Å².